The zero-order chi connectivity index (χ0) is 23.2. The summed E-state index contributed by atoms with van der Waals surface area (Å²) >= 11 is 1.12. The van der Waals surface area contributed by atoms with Crippen molar-refractivity contribution in [2.24, 2.45) is 0 Å². The number of rotatable bonds is 4. The fraction of sp³-hybridized carbons (Fsp3) is 0.208. The molecule has 1 aromatic heterocycles. The molecule has 1 aliphatic heterocycles. The molecular weight excluding hydrogens is 460 g/mol. The number of nitrogens with zero attached hydrogens (tertiary/aromatic N) is 1. The second-order valence-electron chi connectivity index (χ2n) is 8.01. The summed E-state index contributed by atoms with van der Waals surface area (Å²) < 4.78 is 27.6. The van der Waals surface area contributed by atoms with Crippen LogP contribution in [0.25, 0.3) is 0 Å². The summed E-state index contributed by atoms with van der Waals surface area (Å²) in [6.07, 6.45) is 1.83. The maximum absolute atomic E-state index is 13.1. The predicted molar refractivity (Wildman–Crippen MR) is 124 cm³/mol. The lowest BCUT2D eigenvalue weighted by atomic mass is 9.84. The Morgan fingerprint density at radius 2 is 1.61 bits per heavy atom. The van der Waals surface area contributed by atoms with E-state index in [9.17, 15) is 22.8 Å². The maximum atomic E-state index is 13.1. The monoisotopic (exact) mass is 480 g/mol. The molecule has 1 fully saturated rings. The second kappa shape index (κ2) is 8.33. The Kier molecular flexibility index (Phi) is 5.48. The molecule has 1 aliphatic carbocycles. The van der Waals surface area contributed by atoms with Gasteiger partial charge in [-0.05, 0) is 42.5 Å². The van der Waals surface area contributed by atoms with Crippen molar-refractivity contribution in [1.82, 2.24) is 4.31 Å². The summed E-state index contributed by atoms with van der Waals surface area (Å²) in [5, 5.41) is 4.45. The Morgan fingerprint density at radius 1 is 0.909 bits per heavy atom. The third-order valence-electron chi connectivity index (χ3n) is 6.01. The third kappa shape index (κ3) is 3.72. The van der Waals surface area contributed by atoms with Gasteiger partial charge in [-0.3, -0.25) is 14.4 Å². The average molecular weight is 481 g/mol. The number of anilines is 1. The van der Waals surface area contributed by atoms with Crippen LogP contribution >= 0.6 is 11.3 Å². The van der Waals surface area contributed by atoms with Gasteiger partial charge in [-0.25, -0.2) is 8.42 Å². The average Bonchev–Trinajstić information content (AvgIpc) is 3.39. The zero-order valence-corrected chi connectivity index (χ0v) is 19.1. The molecule has 2 aromatic carbocycles. The van der Waals surface area contributed by atoms with Crippen molar-refractivity contribution in [1.29, 1.82) is 0 Å². The number of benzene rings is 2. The smallest absolute Gasteiger partial charge is 0.253 e. The molecule has 1 saturated heterocycles. The van der Waals surface area contributed by atoms with Gasteiger partial charge in [-0.15, -0.1) is 11.3 Å². The highest BCUT2D eigenvalue weighted by molar-refractivity contribution is 7.91. The molecule has 5 rings (SSSR count). The first-order chi connectivity index (χ1) is 15.9. The number of sulfonamides is 1. The Balaban J connectivity index is 1.42. The Morgan fingerprint density at radius 3 is 2.30 bits per heavy atom. The summed E-state index contributed by atoms with van der Waals surface area (Å²) in [5.41, 5.74) is 1.56. The number of ketones is 2. The van der Waals surface area contributed by atoms with Crippen LogP contribution in [0.5, 0.6) is 0 Å². The van der Waals surface area contributed by atoms with E-state index in [0.717, 1.165) is 17.8 Å². The Labute approximate surface area is 195 Å². The lowest BCUT2D eigenvalue weighted by Gasteiger charge is -2.33. The topological polar surface area (TPSA) is 101 Å². The van der Waals surface area contributed by atoms with Crippen LogP contribution in [0.1, 0.15) is 51.1 Å². The van der Waals surface area contributed by atoms with Crippen molar-refractivity contribution in [3.8, 4) is 0 Å². The van der Waals surface area contributed by atoms with Crippen LogP contribution in [0, 0.1) is 0 Å². The van der Waals surface area contributed by atoms with Gasteiger partial charge in [0.05, 0.1) is 0 Å². The molecule has 0 saturated carbocycles. The molecule has 3 aromatic rings. The van der Waals surface area contributed by atoms with Gasteiger partial charge in [0.15, 0.2) is 11.6 Å². The summed E-state index contributed by atoms with van der Waals surface area (Å²) in [4.78, 5) is 38.9. The minimum absolute atomic E-state index is 0.207. The van der Waals surface area contributed by atoms with E-state index < -0.39 is 22.0 Å². The van der Waals surface area contributed by atoms with Gasteiger partial charge in [-0.1, -0.05) is 36.8 Å². The van der Waals surface area contributed by atoms with Crippen LogP contribution in [0.2, 0.25) is 0 Å². The maximum Gasteiger partial charge on any atom is 0.253 e. The fourth-order valence-corrected chi connectivity index (χ4v) is 7.16. The zero-order valence-electron chi connectivity index (χ0n) is 17.5. The largest absolute Gasteiger partial charge is 0.325 e. The molecule has 2 aliphatic rings. The summed E-state index contributed by atoms with van der Waals surface area (Å²) in [7, 11) is -3.78. The molecule has 0 spiro atoms. The first kappa shape index (κ1) is 21.7. The van der Waals surface area contributed by atoms with Crippen LogP contribution in [0.15, 0.2) is 64.2 Å². The summed E-state index contributed by atoms with van der Waals surface area (Å²) in [5.74, 6) is -0.973. The fourth-order valence-electron chi connectivity index (χ4n) is 4.38. The summed E-state index contributed by atoms with van der Waals surface area (Å²) in [6.45, 7) is 0.270. The van der Waals surface area contributed by atoms with E-state index in [1.807, 2.05) is 0 Å². The SMILES string of the molecule is O=C1c2ccccc2C(=O)c2cc(NC(=O)C3CCCCN3S(=O)(=O)c3cccs3)ccc21. The van der Waals surface area contributed by atoms with Crippen LogP contribution in [0.3, 0.4) is 0 Å². The predicted octanol–water partition coefficient (Wildman–Crippen LogP) is 3.71. The quantitative estimate of drug-likeness (QED) is 0.480. The van der Waals surface area contributed by atoms with E-state index in [2.05, 4.69) is 5.32 Å². The number of thiophene rings is 1. The number of hydrogen-bond acceptors (Lipinski definition) is 6. The van der Waals surface area contributed by atoms with Gasteiger partial charge >= 0.3 is 0 Å². The number of piperidine rings is 1. The Bertz CT molecular complexity index is 1380. The molecule has 168 valence electrons. The van der Waals surface area contributed by atoms with E-state index in [0.29, 0.717) is 29.7 Å². The molecular formula is C24H20N2O5S2. The normalized spacial score (nSPS) is 18.5. The molecule has 2 heterocycles. The highest BCUT2D eigenvalue weighted by Crippen LogP contribution is 2.31. The lowest BCUT2D eigenvalue weighted by Crippen LogP contribution is -2.49. The highest BCUT2D eigenvalue weighted by atomic mass is 32.2. The van der Waals surface area contributed by atoms with Gasteiger partial charge in [-0.2, -0.15) is 4.31 Å². The van der Waals surface area contributed by atoms with Crippen molar-refractivity contribution in [2.45, 2.75) is 29.5 Å². The van der Waals surface area contributed by atoms with Crippen LogP contribution < -0.4 is 5.32 Å². The van der Waals surface area contributed by atoms with Gasteiger partial charge in [0.1, 0.15) is 10.3 Å². The molecule has 0 radical (unpaired) electrons. The molecule has 1 N–H and O–H groups in total. The molecule has 7 nitrogen and oxygen atoms in total. The van der Waals surface area contributed by atoms with Crippen molar-refractivity contribution in [3.05, 3.63) is 82.2 Å². The highest BCUT2D eigenvalue weighted by Gasteiger charge is 2.38. The number of fused-ring (bicyclic) bond motifs is 2. The minimum atomic E-state index is -3.78. The van der Waals surface area contributed by atoms with Crippen LogP contribution in [-0.4, -0.2) is 42.8 Å². The number of amides is 1. The van der Waals surface area contributed by atoms with Crippen molar-refractivity contribution in [3.63, 3.8) is 0 Å². The molecule has 1 unspecified atom stereocenters. The molecule has 9 heteroatoms. The van der Waals surface area contributed by atoms with Crippen LogP contribution in [0.4, 0.5) is 5.69 Å². The molecule has 1 atom stereocenters. The molecule has 0 bridgehead atoms. The van der Waals surface area contributed by atoms with Gasteiger partial charge in [0.25, 0.3) is 10.0 Å². The van der Waals surface area contributed by atoms with Crippen molar-refractivity contribution < 1.29 is 22.8 Å². The first-order valence-corrected chi connectivity index (χ1v) is 12.9. The number of nitrogens with one attached hydrogen (secondary N) is 1. The molecule has 1 amide bonds. The minimum Gasteiger partial charge on any atom is -0.325 e. The number of hydrogen-bond donors (Lipinski definition) is 1. The van der Waals surface area contributed by atoms with E-state index in [1.165, 1.54) is 22.5 Å². The Hall–Kier alpha value is -3.14. The van der Waals surface area contributed by atoms with E-state index in [4.69, 9.17) is 0 Å². The third-order valence-corrected chi connectivity index (χ3v) is 9.29. The number of carbonyl (C=O) groups is 3. The lowest BCUT2D eigenvalue weighted by molar-refractivity contribution is -0.120. The second-order valence-corrected chi connectivity index (χ2v) is 11.1. The van der Waals surface area contributed by atoms with Crippen molar-refractivity contribution in [2.75, 3.05) is 11.9 Å². The standard InChI is InChI=1S/C24H20N2O5S2/c27-22-16-6-1-2-7-17(16)23(28)19-14-15(10-11-18(19)22)25-24(29)20-8-3-4-12-26(20)33(30,31)21-9-5-13-32-21/h1-2,5-7,9-11,13-14,20H,3-4,8,12H2,(H,25,29). The number of carbonyl (C=O) groups excluding carboxylic acids is 3. The summed E-state index contributed by atoms with van der Waals surface area (Å²) in [6, 6.07) is 13.6. The van der Waals surface area contributed by atoms with Gasteiger partial charge < -0.3 is 5.32 Å². The molecule has 33 heavy (non-hydrogen) atoms. The van der Waals surface area contributed by atoms with Crippen LogP contribution in [-0.2, 0) is 14.8 Å². The van der Waals surface area contributed by atoms with Gasteiger partial charge in [0, 0.05) is 34.5 Å². The van der Waals surface area contributed by atoms with Gasteiger partial charge in [0.2, 0.25) is 5.91 Å². The van der Waals surface area contributed by atoms with E-state index >= 15 is 0 Å². The van der Waals surface area contributed by atoms with E-state index in [-0.39, 0.29) is 33.4 Å². The van der Waals surface area contributed by atoms with Crippen molar-refractivity contribution >= 4 is 44.5 Å². The first-order valence-electron chi connectivity index (χ1n) is 10.6. The van der Waals surface area contributed by atoms with E-state index in [1.54, 1.807) is 41.8 Å².